The number of thioether (sulfide) groups is 1. The maximum absolute atomic E-state index is 12.4. The van der Waals surface area contributed by atoms with Gasteiger partial charge in [-0.15, -0.1) is 13.2 Å². The largest absolute Gasteiger partial charge is 0.573 e. The Balaban J connectivity index is 2.22. The van der Waals surface area contributed by atoms with Crippen LogP contribution in [0.3, 0.4) is 0 Å². The first-order valence-electron chi connectivity index (χ1n) is 6.27. The van der Waals surface area contributed by atoms with Gasteiger partial charge in [0.25, 0.3) is 0 Å². The van der Waals surface area contributed by atoms with Crippen molar-refractivity contribution in [2.45, 2.75) is 18.4 Å². The molecule has 20 heavy (non-hydrogen) atoms. The van der Waals surface area contributed by atoms with Crippen molar-refractivity contribution in [3.05, 3.63) is 29.8 Å². The number of likely N-dealkylation sites (N-methyl/N-ethyl adjacent to an activating group) is 1. The Bertz CT molecular complexity index is 455. The summed E-state index contributed by atoms with van der Waals surface area (Å²) in [4.78, 5) is 2.09. The van der Waals surface area contributed by atoms with Crippen molar-refractivity contribution < 1.29 is 17.9 Å². The van der Waals surface area contributed by atoms with Gasteiger partial charge in [0.1, 0.15) is 5.75 Å². The van der Waals surface area contributed by atoms with Gasteiger partial charge in [0.05, 0.1) is 0 Å². The highest BCUT2D eigenvalue weighted by Crippen LogP contribution is 2.33. The van der Waals surface area contributed by atoms with Gasteiger partial charge in [-0.2, -0.15) is 11.8 Å². The number of alkyl halides is 3. The molecule has 0 saturated carbocycles. The zero-order valence-corrected chi connectivity index (χ0v) is 11.9. The molecule has 3 nitrogen and oxygen atoms in total. The standard InChI is InChI=1S/C13H17F3N2OS/c1-18-6-7-20-8-10(18)12(17)9-4-2-3-5-11(9)19-13(14,15)16/h2-5,10,12H,6-8,17H2,1H3. The Morgan fingerprint density at radius 3 is 2.75 bits per heavy atom. The van der Waals surface area contributed by atoms with Crippen LogP contribution in [0.2, 0.25) is 0 Å². The van der Waals surface area contributed by atoms with E-state index >= 15 is 0 Å². The predicted octanol–water partition coefficient (Wildman–Crippen LogP) is 2.63. The van der Waals surface area contributed by atoms with Crippen LogP contribution in [0.4, 0.5) is 13.2 Å². The highest BCUT2D eigenvalue weighted by molar-refractivity contribution is 7.99. The van der Waals surface area contributed by atoms with E-state index in [0.717, 1.165) is 18.1 Å². The Kier molecular flexibility index (Phi) is 4.82. The van der Waals surface area contributed by atoms with Crippen LogP contribution in [-0.4, -0.2) is 42.4 Å². The van der Waals surface area contributed by atoms with Gasteiger partial charge in [-0.3, -0.25) is 4.90 Å². The molecular formula is C13H17F3N2OS. The normalized spacial score (nSPS) is 22.6. The fourth-order valence-corrected chi connectivity index (χ4v) is 3.55. The SMILES string of the molecule is CN1CCSCC1C(N)c1ccccc1OC(F)(F)F. The van der Waals surface area contributed by atoms with Crippen LogP contribution in [0.15, 0.2) is 24.3 Å². The molecule has 2 unspecified atom stereocenters. The van der Waals surface area contributed by atoms with E-state index in [1.165, 1.54) is 12.1 Å². The second-order valence-electron chi connectivity index (χ2n) is 4.73. The molecule has 1 aliphatic heterocycles. The van der Waals surface area contributed by atoms with E-state index in [1.807, 2.05) is 7.05 Å². The first kappa shape index (κ1) is 15.5. The lowest BCUT2D eigenvalue weighted by molar-refractivity contribution is -0.275. The molecule has 1 heterocycles. The van der Waals surface area contributed by atoms with Gasteiger partial charge < -0.3 is 10.5 Å². The Hall–Kier alpha value is -0.920. The number of benzene rings is 1. The van der Waals surface area contributed by atoms with Crippen LogP contribution in [0.25, 0.3) is 0 Å². The van der Waals surface area contributed by atoms with Crippen molar-refractivity contribution in [3.63, 3.8) is 0 Å². The average Bonchev–Trinajstić information content (AvgIpc) is 2.37. The maximum Gasteiger partial charge on any atom is 0.573 e. The Morgan fingerprint density at radius 2 is 2.10 bits per heavy atom. The molecule has 0 aliphatic carbocycles. The molecule has 112 valence electrons. The fourth-order valence-electron chi connectivity index (χ4n) is 2.26. The van der Waals surface area contributed by atoms with Crippen LogP contribution in [0.5, 0.6) is 5.75 Å². The Labute approximate surface area is 120 Å². The molecule has 0 amide bonds. The van der Waals surface area contributed by atoms with E-state index in [2.05, 4.69) is 9.64 Å². The third kappa shape index (κ3) is 3.80. The molecule has 2 atom stereocenters. The molecule has 1 saturated heterocycles. The number of hydrogen-bond acceptors (Lipinski definition) is 4. The zero-order valence-electron chi connectivity index (χ0n) is 11.1. The van der Waals surface area contributed by atoms with E-state index in [4.69, 9.17) is 5.73 Å². The minimum Gasteiger partial charge on any atom is -0.405 e. The van der Waals surface area contributed by atoms with Gasteiger partial charge in [0, 0.05) is 35.7 Å². The van der Waals surface area contributed by atoms with Crippen molar-refractivity contribution in [1.29, 1.82) is 0 Å². The smallest absolute Gasteiger partial charge is 0.405 e. The van der Waals surface area contributed by atoms with Crippen LogP contribution in [0, 0.1) is 0 Å². The molecule has 0 spiro atoms. The van der Waals surface area contributed by atoms with Crippen molar-refractivity contribution >= 4 is 11.8 Å². The van der Waals surface area contributed by atoms with E-state index in [0.29, 0.717) is 5.56 Å². The number of hydrogen-bond donors (Lipinski definition) is 1. The summed E-state index contributed by atoms with van der Waals surface area (Å²) in [5, 5.41) is 0. The minimum atomic E-state index is -4.71. The van der Waals surface area contributed by atoms with Crippen LogP contribution < -0.4 is 10.5 Å². The van der Waals surface area contributed by atoms with Gasteiger partial charge in [-0.1, -0.05) is 18.2 Å². The maximum atomic E-state index is 12.4. The first-order chi connectivity index (χ1) is 9.38. The lowest BCUT2D eigenvalue weighted by Crippen LogP contribution is -2.46. The summed E-state index contributed by atoms with van der Waals surface area (Å²) in [6.45, 7) is 0.880. The summed E-state index contributed by atoms with van der Waals surface area (Å²) < 4.78 is 41.4. The fraction of sp³-hybridized carbons (Fsp3) is 0.538. The number of halogens is 3. The zero-order chi connectivity index (χ0) is 14.8. The van der Waals surface area contributed by atoms with Crippen molar-refractivity contribution in [2.24, 2.45) is 5.73 Å². The molecule has 0 bridgehead atoms. The summed E-state index contributed by atoms with van der Waals surface area (Å²) >= 11 is 1.76. The van der Waals surface area contributed by atoms with Gasteiger partial charge in [0.2, 0.25) is 0 Å². The van der Waals surface area contributed by atoms with Gasteiger partial charge >= 0.3 is 6.36 Å². The van der Waals surface area contributed by atoms with Gasteiger partial charge in [-0.05, 0) is 13.1 Å². The van der Waals surface area contributed by atoms with E-state index in [1.54, 1.807) is 23.9 Å². The van der Waals surface area contributed by atoms with Gasteiger partial charge in [0.15, 0.2) is 0 Å². The average molecular weight is 306 g/mol. The molecule has 0 radical (unpaired) electrons. The van der Waals surface area contributed by atoms with E-state index < -0.39 is 12.4 Å². The summed E-state index contributed by atoms with van der Waals surface area (Å²) in [6, 6.07) is 5.58. The minimum absolute atomic E-state index is 0.00623. The highest BCUT2D eigenvalue weighted by atomic mass is 32.2. The number of para-hydroxylation sites is 1. The number of nitrogens with zero attached hydrogens (tertiary/aromatic N) is 1. The quantitative estimate of drug-likeness (QED) is 0.932. The molecule has 2 rings (SSSR count). The summed E-state index contributed by atoms with van der Waals surface area (Å²) in [6.07, 6.45) is -4.71. The second-order valence-corrected chi connectivity index (χ2v) is 5.88. The number of ether oxygens (including phenoxy) is 1. The molecule has 1 aromatic rings. The topological polar surface area (TPSA) is 38.5 Å². The molecular weight excluding hydrogens is 289 g/mol. The predicted molar refractivity (Wildman–Crippen MR) is 73.8 cm³/mol. The summed E-state index contributed by atoms with van der Waals surface area (Å²) in [5.74, 6) is 1.61. The molecule has 2 N–H and O–H groups in total. The van der Waals surface area contributed by atoms with Gasteiger partial charge in [-0.25, -0.2) is 0 Å². The molecule has 1 fully saturated rings. The molecule has 7 heteroatoms. The Morgan fingerprint density at radius 1 is 1.40 bits per heavy atom. The number of nitrogens with two attached hydrogens (primary N) is 1. The lowest BCUT2D eigenvalue weighted by atomic mass is 9.99. The van der Waals surface area contributed by atoms with Crippen molar-refractivity contribution in [2.75, 3.05) is 25.1 Å². The first-order valence-corrected chi connectivity index (χ1v) is 7.42. The number of rotatable bonds is 3. The van der Waals surface area contributed by atoms with E-state index in [-0.39, 0.29) is 11.8 Å². The third-order valence-electron chi connectivity index (χ3n) is 3.36. The van der Waals surface area contributed by atoms with E-state index in [9.17, 15) is 13.2 Å². The molecule has 0 aromatic heterocycles. The molecule has 1 aromatic carbocycles. The highest BCUT2D eigenvalue weighted by Gasteiger charge is 2.34. The van der Waals surface area contributed by atoms with Crippen molar-refractivity contribution in [3.8, 4) is 5.75 Å². The van der Waals surface area contributed by atoms with Crippen molar-refractivity contribution in [1.82, 2.24) is 4.90 Å². The monoisotopic (exact) mass is 306 g/mol. The van der Waals surface area contributed by atoms with Crippen LogP contribution in [0.1, 0.15) is 11.6 Å². The lowest BCUT2D eigenvalue weighted by Gasteiger charge is -2.36. The summed E-state index contributed by atoms with van der Waals surface area (Å²) in [7, 11) is 1.94. The third-order valence-corrected chi connectivity index (χ3v) is 4.41. The van der Waals surface area contributed by atoms with Crippen LogP contribution in [-0.2, 0) is 0 Å². The molecule has 1 aliphatic rings. The summed E-state index contributed by atoms with van der Waals surface area (Å²) in [5.41, 5.74) is 6.57. The second kappa shape index (κ2) is 6.24. The van der Waals surface area contributed by atoms with Crippen LogP contribution >= 0.6 is 11.8 Å².